The number of nitrogens with zero attached hydrogens (tertiary/aromatic N) is 1. The van der Waals surface area contributed by atoms with Gasteiger partial charge in [0.25, 0.3) is 0 Å². The van der Waals surface area contributed by atoms with Crippen LogP contribution in [0.1, 0.15) is 0 Å². The maximum Gasteiger partial charge on any atom is 0.185 e. The predicted octanol–water partition coefficient (Wildman–Crippen LogP) is -0.913. The van der Waals surface area contributed by atoms with E-state index in [-0.39, 0.29) is 17.9 Å². The largest absolute Gasteiger partial charge is 0.362 e. The van der Waals surface area contributed by atoms with Gasteiger partial charge in [-0.15, -0.1) is 0 Å². The van der Waals surface area contributed by atoms with Crippen molar-refractivity contribution in [2.45, 2.75) is 12.1 Å². The number of hydrogen-bond acceptors (Lipinski definition) is 3. The van der Waals surface area contributed by atoms with Gasteiger partial charge in [-0.05, 0) is 0 Å². The molecule has 0 amide bonds. The number of rotatable bonds is 2. The topological polar surface area (TPSA) is 52.4 Å². The number of carbonyl (C=O) groups excluding carboxylic acids is 1. The first-order chi connectivity index (χ1) is 6.38. The van der Waals surface area contributed by atoms with Crippen LogP contribution in [0.3, 0.4) is 0 Å². The van der Waals surface area contributed by atoms with Crippen LogP contribution in [0, 0.1) is 0 Å². The summed E-state index contributed by atoms with van der Waals surface area (Å²) in [6.07, 6.45) is 3.33. The fourth-order valence-corrected chi connectivity index (χ4v) is 1.55. The molecule has 1 N–H and O–H groups in total. The number of hydrogen-bond donors (Lipinski definition) is 1. The van der Waals surface area contributed by atoms with Gasteiger partial charge in [-0.1, -0.05) is 12.2 Å². The van der Waals surface area contributed by atoms with E-state index in [4.69, 9.17) is 4.74 Å². The SMILES string of the molecule is O=C(C1CNCC[N]1)C1C=CCO1. The molecule has 2 unspecified atom stereocenters. The van der Waals surface area contributed by atoms with Gasteiger partial charge in [0.15, 0.2) is 5.78 Å². The van der Waals surface area contributed by atoms with Crippen molar-refractivity contribution < 1.29 is 9.53 Å². The lowest BCUT2D eigenvalue weighted by molar-refractivity contribution is -0.128. The molecule has 4 heteroatoms. The standard InChI is InChI=1S/C9H13N2O2/c12-9(8-2-1-5-13-8)7-6-10-3-4-11-7/h1-2,7-8,10H,3-6H2. The number of ether oxygens (including phenoxy) is 1. The van der Waals surface area contributed by atoms with Crippen molar-refractivity contribution in [2.24, 2.45) is 0 Å². The molecule has 13 heavy (non-hydrogen) atoms. The summed E-state index contributed by atoms with van der Waals surface area (Å²) in [5.74, 6) is 0.0842. The molecule has 0 aromatic heterocycles. The summed E-state index contributed by atoms with van der Waals surface area (Å²) in [6, 6.07) is -0.207. The highest BCUT2D eigenvalue weighted by atomic mass is 16.5. The Balaban J connectivity index is 1.91. The molecule has 0 saturated carbocycles. The van der Waals surface area contributed by atoms with E-state index in [9.17, 15) is 4.79 Å². The van der Waals surface area contributed by atoms with Crippen molar-refractivity contribution >= 4 is 5.78 Å². The van der Waals surface area contributed by atoms with E-state index in [0.29, 0.717) is 13.2 Å². The average molecular weight is 181 g/mol. The maximum absolute atomic E-state index is 11.7. The first-order valence-electron chi connectivity index (χ1n) is 4.57. The van der Waals surface area contributed by atoms with Crippen molar-refractivity contribution in [1.82, 2.24) is 10.6 Å². The molecular weight excluding hydrogens is 168 g/mol. The van der Waals surface area contributed by atoms with E-state index in [1.54, 1.807) is 0 Å². The highest BCUT2D eigenvalue weighted by Gasteiger charge is 2.29. The van der Waals surface area contributed by atoms with Crippen molar-refractivity contribution in [2.75, 3.05) is 26.2 Å². The second-order valence-corrected chi connectivity index (χ2v) is 3.21. The third-order valence-corrected chi connectivity index (χ3v) is 2.27. The minimum absolute atomic E-state index is 0.0842. The van der Waals surface area contributed by atoms with E-state index < -0.39 is 0 Å². The lowest BCUT2D eigenvalue weighted by atomic mass is 10.1. The summed E-state index contributed by atoms with van der Waals surface area (Å²) in [4.78, 5) is 11.7. The lowest BCUT2D eigenvalue weighted by Crippen LogP contribution is -2.51. The third kappa shape index (κ3) is 1.96. The van der Waals surface area contributed by atoms with Gasteiger partial charge in [0.1, 0.15) is 6.10 Å². The van der Waals surface area contributed by atoms with E-state index >= 15 is 0 Å². The van der Waals surface area contributed by atoms with Gasteiger partial charge in [0, 0.05) is 19.6 Å². The Morgan fingerprint density at radius 3 is 3.15 bits per heavy atom. The molecule has 2 aliphatic heterocycles. The molecule has 1 saturated heterocycles. The van der Waals surface area contributed by atoms with E-state index in [1.165, 1.54) is 0 Å². The maximum atomic E-state index is 11.7. The van der Waals surface area contributed by atoms with Crippen LogP contribution in [0.2, 0.25) is 0 Å². The number of nitrogens with one attached hydrogen (secondary N) is 1. The molecule has 0 spiro atoms. The molecule has 1 fully saturated rings. The van der Waals surface area contributed by atoms with Crippen LogP contribution in [0.4, 0.5) is 0 Å². The molecular formula is C9H13N2O2. The fourth-order valence-electron chi connectivity index (χ4n) is 1.55. The number of Topliss-reactive ketones (excluding diaryl/α,β-unsaturated/α-hetero) is 1. The molecule has 2 aliphatic rings. The predicted molar refractivity (Wildman–Crippen MR) is 47.5 cm³/mol. The molecule has 2 heterocycles. The summed E-state index contributed by atoms with van der Waals surface area (Å²) in [5, 5.41) is 7.39. The number of carbonyl (C=O) groups is 1. The van der Waals surface area contributed by atoms with Gasteiger partial charge < -0.3 is 10.1 Å². The van der Waals surface area contributed by atoms with Crippen LogP contribution >= 0.6 is 0 Å². The zero-order chi connectivity index (χ0) is 9.10. The van der Waals surface area contributed by atoms with Crippen molar-refractivity contribution in [3.05, 3.63) is 12.2 Å². The molecule has 2 atom stereocenters. The second kappa shape index (κ2) is 4.00. The van der Waals surface area contributed by atoms with Gasteiger partial charge >= 0.3 is 0 Å². The zero-order valence-corrected chi connectivity index (χ0v) is 7.40. The van der Waals surface area contributed by atoms with E-state index in [1.807, 2.05) is 12.2 Å². The highest BCUT2D eigenvalue weighted by Crippen LogP contribution is 2.07. The van der Waals surface area contributed by atoms with Crippen LogP contribution in [-0.4, -0.2) is 44.2 Å². The fraction of sp³-hybridized carbons (Fsp3) is 0.667. The molecule has 0 bridgehead atoms. The van der Waals surface area contributed by atoms with Crippen molar-refractivity contribution in [3.63, 3.8) is 0 Å². The third-order valence-electron chi connectivity index (χ3n) is 2.27. The summed E-state index contributed by atoms with van der Waals surface area (Å²) < 4.78 is 5.22. The van der Waals surface area contributed by atoms with Crippen LogP contribution in [0.5, 0.6) is 0 Å². The molecule has 4 nitrogen and oxygen atoms in total. The Hall–Kier alpha value is -0.710. The van der Waals surface area contributed by atoms with Crippen LogP contribution in [0.25, 0.3) is 0 Å². The first-order valence-corrected chi connectivity index (χ1v) is 4.57. The Labute approximate surface area is 77.3 Å². The molecule has 0 aromatic rings. The zero-order valence-electron chi connectivity index (χ0n) is 7.40. The van der Waals surface area contributed by atoms with Gasteiger partial charge in [0.2, 0.25) is 0 Å². The number of ketones is 1. The second-order valence-electron chi connectivity index (χ2n) is 3.21. The van der Waals surface area contributed by atoms with E-state index in [0.717, 1.165) is 13.1 Å². The average Bonchev–Trinajstić information content (AvgIpc) is 2.71. The minimum Gasteiger partial charge on any atom is -0.362 e. The Bertz CT molecular complexity index is 222. The molecule has 1 radical (unpaired) electrons. The molecule has 0 aromatic carbocycles. The molecule has 2 rings (SSSR count). The molecule has 0 aliphatic carbocycles. The van der Waals surface area contributed by atoms with Gasteiger partial charge in [-0.2, -0.15) is 0 Å². The van der Waals surface area contributed by atoms with Crippen molar-refractivity contribution in [3.8, 4) is 0 Å². The van der Waals surface area contributed by atoms with Gasteiger partial charge in [0.05, 0.1) is 12.6 Å². The molecule has 71 valence electrons. The van der Waals surface area contributed by atoms with Crippen LogP contribution in [-0.2, 0) is 9.53 Å². The van der Waals surface area contributed by atoms with Gasteiger partial charge in [-0.25, -0.2) is 5.32 Å². The Kier molecular flexibility index (Phi) is 2.73. The minimum atomic E-state index is -0.353. The number of piperazine rings is 1. The normalized spacial score (nSPS) is 33.5. The Morgan fingerprint density at radius 2 is 2.54 bits per heavy atom. The first kappa shape index (κ1) is 8.87. The van der Waals surface area contributed by atoms with Crippen molar-refractivity contribution in [1.29, 1.82) is 0 Å². The van der Waals surface area contributed by atoms with E-state index in [2.05, 4.69) is 10.6 Å². The van der Waals surface area contributed by atoms with Crippen LogP contribution in [0.15, 0.2) is 12.2 Å². The van der Waals surface area contributed by atoms with Crippen LogP contribution < -0.4 is 10.6 Å². The summed E-state index contributed by atoms with van der Waals surface area (Å²) >= 11 is 0. The summed E-state index contributed by atoms with van der Waals surface area (Å²) in [6.45, 7) is 2.82. The summed E-state index contributed by atoms with van der Waals surface area (Å²) in [7, 11) is 0. The smallest absolute Gasteiger partial charge is 0.185 e. The Morgan fingerprint density at radius 1 is 1.62 bits per heavy atom. The quantitative estimate of drug-likeness (QED) is 0.561. The lowest BCUT2D eigenvalue weighted by Gasteiger charge is -2.23. The van der Waals surface area contributed by atoms with Gasteiger partial charge in [-0.3, -0.25) is 4.79 Å². The highest BCUT2D eigenvalue weighted by molar-refractivity contribution is 5.90. The summed E-state index contributed by atoms with van der Waals surface area (Å²) in [5.41, 5.74) is 0. The monoisotopic (exact) mass is 181 g/mol.